The second kappa shape index (κ2) is 7.62. The summed E-state index contributed by atoms with van der Waals surface area (Å²) in [6.07, 6.45) is 8.15. The molecule has 5 nitrogen and oxygen atoms in total. The third-order valence-corrected chi connectivity index (χ3v) is 4.85. The molecule has 1 aliphatic rings. The third-order valence-electron chi connectivity index (χ3n) is 4.85. The van der Waals surface area contributed by atoms with Crippen LogP contribution in [0.4, 0.5) is 0 Å². The van der Waals surface area contributed by atoms with Crippen molar-refractivity contribution in [2.24, 2.45) is 5.92 Å². The first-order chi connectivity index (χ1) is 11.6. The molecule has 24 heavy (non-hydrogen) atoms. The maximum atomic E-state index is 12.5. The molecule has 0 spiro atoms. The van der Waals surface area contributed by atoms with Crippen molar-refractivity contribution in [2.75, 3.05) is 7.05 Å². The molecule has 5 heteroatoms. The number of aliphatic hydroxyl groups excluding tert-OH is 1. The predicted octanol–water partition coefficient (Wildman–Crippen LogP) is 2.77. The van der Waals surface area contributed by atoms with E-state index in [1.54, 1.807) is 22.8 Å². The number of aromatic nitrogens is 2. The highest BCUT2D eigenvalue weighted by Crippen LogP contribution is 2.27. The summed E-state index contributed by atoms with van der Waals surface area (Å²) in [4.78, 5) is 14.1. The first-order valence-electron chi connectivity index (χ1n) is 8.67. The predicted molar refractivity (Wildman–Crippen MR) is 92.6 cm³/mol. The molecule has 1 amide bonds. The lowest BCUT2D eigenvalue weighted by atomic mass is 9.85. The maximum absolute atomic E-state index is 12.5. The lowest BCUT2D eigenvalue weighted by Crippen LogP contribution is -2.40. The van der Waals surface area contributed by atoms with Crippen LogP contribution in [-0.4, -0.2) is 38.8 Å². The minimum atomic E-state index is -0.862. The van der Waals surface area contributed by atoms with Crippen molar-refractivity contribution in [3.05, 3.63) is 48.3 Å². The summed E-state index contributed by atoms with van der Waals surface area (Å²) in [5.41, 5.74) is 2.03. The van der Waals surface area contributed by atoms with Crippen LogP contribution in [0.15, 0.2) is 42.7 Å². The van der Waals surface area contributed by atoms with Gasteiger partial charge in [0.15, 0.2) is 0 Å². The first kappa shape index (κ1) is 16.7. The first-order valence-corrected chi connectivity index (χ1v) is 8.67. The summed E-state index contributed by atoms with van der Waals surface area (Å²) < 4.78 is 1.80. The quantitative estimate of drug-likeness (QED) is 0.918. The van der Waals surface area contributed by atoms with E-state index in [0.29, 0.717) is 6.54 Å². The van der Waals surface area contributed by atoms with E-state index >= 15 is 0 Å². The van der Waals surface area contributed by atoms with E-state index in [2.05, 4.69) is 5.10 Å². The molecule has 1 aromatic carbocycles. The number of nitrogens with zero attached hydrogens (tertiary/aromatic N) is 3. The van der Waals surface area contributed by atoms with E-state index in [0.717, 1.165) is 36.9 Å². The van der Waals surface area contributed by atoms with Crippen LogP contribution in [0.2, 0.25) is 0 Å². The van der Waals surface area contributed by atoms with Gasteiger partial charge in [0.25, 0.3) is 5.91 Å². The van der Waals surface area contributed by atoms with Crippen LogP contribution in [-0.2, 0) is 11.3 Å². The van der Waals surface area contributed by atoms with Crippen LogP contribution in [0.5, 0.6) is 0 Å². The van der Waals surface area contributed by atoms with Crippen LogP contribution < -0.4 is 0 Å². The Kier molecular flexibility index (Phi) is 5.30. The van der Waals surface area contributed by atoms with E-state index in [-0.39, 0.29) is 11.8 Å². The van der Waals surface area contributed by atoms with Crippen molar-refractivity contribution in [2.45, 2.75) is 44.8 Å². The number of likely N-dealkylation sites (N-methyl/N-ethyl adjacent to an activating group) is 1. The Bertz CT molecular complexity index is 646. The molecule has 0 radical (unpaired) electrons. The van der Waals surface area contributed by atoms with E-state index in [4.69, 9.17) is 0 Å². The van der Waals surface area contributed by atoms with Crippen LogP contribution in [0.1, 0.15) is 37.7 Å². The monoisotopic (exact) mass is 327 g/mol. The molecular weight excluding hydrogens is 302 g/mol. The number of hydrogen-bond donors (Lipinski definition) is 1. The Hall–Kier alpha value is -2.14. The average Bonchev–Trinajstić information content (AvgIpc) is 3.16. The van der Waals surface area contributed by atoms with Gasteiger partial charge < -0.3 is 10.0 Å². The topological polar surface area (TPSA) is 58.4 Å². The standard InChI is InChI=1S/C19H25N3O2/c1-21(19(24)18(23)16-6-3-2-4-7-16)14-15-8-10-17(11-9-15)22-13-5-12-20-22/h5,8-13,16,18,23H,2-4,6-7,14H2,1H3/t18-/m1/s1. The van der Waals surface area contributed by atoms with E-state index < -0.39 is 6.10 Å². The zero-order valence-corrected chi connectivity index (χ0v) is 14.1. The molecular formula is C19H25N3O2. The number of carbonyl (C=O) groups excluding carboxylic acids is 1. The van der Waals surface area contributed by atoms with E-state index in [1.165, 1.54) is 6.42 Å². The second-order valence-electron chi connectivity index (χ2n) is 6.65. The molecule has 1 saturated carbocycles. The molecule has 3 rings (SSSR count). The van der Waals surface area contributed by atoms with Crippen molar-refractivity contribution < 1.29 is 9.90 Å². The number of rotatable bonds is 5. The van der Waals surface area contributed by atoms with Gasteiger partial charge in [-0.2, -0.15) is 5.10 Å². The highest BCUT2D eigenvalue weighted by molar-refractivity contribution is 5.80. The zero-order chi connectivity index (χ0) is 16.9. The normalized spacial score (nSPS) is 16.8. The molecule has 0 aliphatic heterocycles. The zero-order valence-electron chi connectivity index (χ0n) is 14.1. The van der Waals surface area contributed by atoms with Crippen molar-refractivity contribution in [1.82, 2.24) is 14.7 Å². The summed E-state index contributed by atoms with van der Waals surface area (Å²) in [7, 11) is 1.76. The molecule has 0 saturated heterocycles. The highest BCUT2D eigenvalue weighted by Gasteiger charge is 2.29. The Morgan fingerprint density at radius 3 is 2.62 bits per heavy atom. The van der Waals surface area contributed by atoms with Gasteiger partial charge >= 0.3 is 0 Å². The summed E-state index contributed by atoms with van der Waals surface area (Å²) in [6.45, 7) is 0.502. The fraction of sp³-hybridized carbons (Fsp3) is 0.474. The van der Waals surface area contributed by atoms with Crippen molar-refractivity contribution >= 4 is 5.91 Å². The summed E-state index contributed by atoms with van der Waals surface area (Å²) in [5, 5.41) is 14.6. The number of amides is 1. The molecule has 1 N–H and O–H groups in total. The van der Waals surface area contributed by atoms with Crippen molar-refractivity contribution in [1.29, 1.82) is 0 Å². The van der Waals surface area contributed by atoms with Gasteiger partial charge in [-0.15, -0.1) is 0 Å². The van der Waals surface area contributed by atoms with Crippen LogP contribution in [0, 0.1) is 5.92 Å². The lowest BCUT2D eigenvalue weighted by Gasteiger charge is -2.29. The number of carbonyl (C=O) groups is 1. The summed E-state index contributed by atoms with van der Waals surface area (Å²) in [6, 6.07) is 9.84. The highest BCUT2D eigenvalue weighted by atomic mass is 16.3. The maximum Gasteiger partial charge on any atom is 0.251 e. The fourth-order valence-corrected chi connectivity index (χ4v) is 3.40. The minimum absolute atomic E-state index is 0.121. The second-order valence-corrected chi connectivity index (χ2v) is 6.65. The largest absolute Gasteiger partial charge is 0.383 e. The third kappa shape index (κ3) is 3.85. The average molecular weight is 327 g/mol. The summed E-state index contributed by atoms with van der Waals surface area (Å²) >= 11 is 0. The van der Waals surface area contributed by atoms with Gasteiger partial charge in [-0.1, -0.05) is 31.4 Å². The van der Waals surface area contributed by atoms with Gasteiger partial charge in [0.05, 0.1) is 5.69 Å². The van der Waals surface area contributed by atoms with Gasteiger partial charge in [0, 0.05) is 26.0 Å². The Morgan fingerprint density at radius 2 is 2.00 bits per heavy atom. The van der Waals surface area contributed by atoms with Gasteiger partial charge in [0.1, 0.15) is 6.10 Å². The van der Waals surface area contributed by atoms with Crippen LogP contribution in [0.25, 0.3) is 5.69 Å². The molecule has 0 bridgehead atoms. The smallest absolute Gasteiger partial charge is 0.251 e. The molecule has 2 aromatic rings. The van der Waals surface area contributed by atoms with Crippen LogP contribution in [0.3, 0.4) is 0 Å². The van der Waals surface area contributed by atoms with Crippen molar-refractivity contribution in [3.8, 4) is 5.69 Å². The van der Waals surface area contributed by atoms with Gasteiger partial charge in [0.2, 0.25) is 0 Å². The Morgan fingerprint density at radius 1 is 1.29 bits per heavy atom. The molecule has 1 aromatic heterocycles. The Balaban J connectivity index is 1.59. The lowest BCUT2D eigenvalue weighted by molar-refractivity contribution is -0.143. The van der Waals surface area contributed by atoms with Gasteiger partial charge in [-0.3, -0.25) is 4.79 Å². The molecule has 1 aliphatic carbocycles. The Labute approximate surface area is 142 Å². The van der Waals surface area contributed by atoms with Gasteiger partial charge in [-0.05, 0) is 42.5 Å². The molecule has 0 unspecified atom stereocenters. The van der Waals surface area contributed by atoms with Gasteiger partial charge in [-0.25, -0.2) is 4.68 Å². The summed E-state index contributed by atoms with van der Waals surface area (Å²) in [5.74, 6) is -0.0473. The molecule has 128 valence electrons. The van der Waals surface area contributed by atoms with Crippen molar-refractivity contribution in [3.63, 3.8) is 0 Å². The van der Waals surface area contributed by atoms with E-state index in [1.807, 2.05) is 36.5 Å². The molecule has 1 fully saturated rings. The SMILES string of the molecule is CN(Cc1ccc(-n2cccn2)cc1)C(=O)[C@H](O)C1CCCCC1. The number of aliphatic hydroxyl groups is 1. The molecule has 1 atom stereocenters. The number of hydrogen-bond acceptors (Lipinski definition) is 3. The molecule has 1 heterocycles. The number of benzene rings is 1. The van der Waals surface area contributed by atoms with Crippen LogP contribution >= 0.6 is 0 Å². The fourth-order valence-electron chi connectivity index (χ4n) is 3.40. The van der Waals surface area contributed by atoms with E-state index in [9.17, 15) is 9.90 Å². The minimum Gasteiger partial charge on any atom is -0.383 e.